The fourth-order valence-electron chi connectivity index (χ4n) is 2.80. The van der Waals surface area contributed by atoms with E-state index in [1.807, 2.05) is 32.9 Å². The van der Waals surface area contributed by atoms with Crippen molar-refractivity contribution in [2.45, 2.75) is 33.4 Å². The van der Waals surface area contributed by atoms with Gasteiger partial charge in [-0.15, -0.1) is 0 Å². The molecule has 2 heterocycles. The number of hydrogen-bond donors (Lipinski definition) is 1. The molecule has 3 rings (SSSR count). The van der Waals surface area contributed by atoms with Gasteiger partial charge in [0.2, 0.25) is 0 Å². The molecule has 1 N–H and O–H groups in total. The Morgan fingerprint density at radius 3 is 2.72 bits per heavy atom. The van der Waals surface area contributed by atoms with Gasteiger partial charge in [0.05, 0.1) is 12.7 Å². The highest BCUT2D eigenvalue weighted by Gasteiger charge is 2.14. The van der Waals surface area contributed by atoms with Crippen molar-refractivity contribution in [3.8, 4) is 5.75 Å². The van der Waals surface area contributed by atoms with Crippen LogP contribution >= 0.6 is 0 Å². The Bertz CT molecular complexity index is 974. The summed E-state index contributed by atoms with van der Waals surface area (Å²) in [6.45, 7) is 6.20. The molecule has 0 bridgehead atoms. The van der Waals surface area contributed by atoms with E-state index in [1.54, 1.807) is 11.7 Å². The second-order valence-electron chi connectivity index (χ2n) is 6.33. The lowest BCUT2D eigenvalue weighted by atomic mass is 10.1. The first-order chi connectivity index (χ1) is 11.9. The van der Waals surface area contributed by atoms with Gasteiger partial charge in [0.15, 0.2) is 5.65 Å². The number of ether oxygens (including phenoxy) is 1. The van der Waals surface area contributed by atoms with Crippen LogP contribution in [0.2, 0.25) is 0 Å². The van der Waals surface area contributed by atoms with Crippen molar-refractivity contribution >= 4 is 11.0 Å². The summed E-state index contributed by atoms with van der Waals surface area (Å²) in [6.07, 6.45) is 2.09. The van der Waals surface area contributed by atoms with Crippen molar-refractivity contribution in [3.05, 3.63) is 51.7 Å². The minimum atomic E-state index is -0.826. The number of benzene rings is 1. The third-order valence-corrected chi connectivity index (χ3v) is 4.42. The summed E-state index contributed by atoms with van der Waals surface area (Å²) < 4.78 is 8.74. The van der Waals surface area contributed by atoms with E-state index in [-0.39, 0.29) is 18.7 Å². The SMILES string of the molecule is Cc1ccc(C)c(OCC(O)Cn2cnc3c(cnn3C)c2=O)c1C. The minimum Gasteiger partial charge on any atom is -0.490 e. The molecular formula is C18H22N4O3. The van der Waals surface area contributed by atoms with Crippen LogP contribution in [0.15, 0.2) is 29.5 Å². The smallest absolute Gasteiger partial charge is 0.264 e. The predicted molar refractivity (Wildman–Crippen MR) is 94.9 cm³/mol. The molecule has 0 aliphatic heterocycles. The molecule has 2 aromatic heterocycles. The van der Waals surface area contributed by atoms with Crippen molar-refractivity contribution in [1.82, 2.24) is 19.3 Å². The molecule has 1 unspecified atom stereocenters. The van der Waals surface area contributed by atoms with Crippen LogP contribution in [0, 0.1) is 20.8 Å². The lowest BCUT2D eigenvalue weighted by Crippen LogP contribution is -2.30. The second kappa shape index (κ2) is 6.68. The molecule has 132 valence electrons. The zero-order valence-electron chi connectivity index (χ0n) is 14.9. The lowest BCUT2D eigenvalue weighted by molar-refractivity contribution is 0.0908. The highest BCUT2D eigenvalue weighted by Crippen LogP contribution is 2.25. The van der Waals surface area contributed by atoms with Gasteiger partial charge < -0.3 is 9.84 Å². The average molecular weight is 342 g/mol. The summed E-state index contributed by atoms with van der Waals surface area (Å²) in [6, 6.07) is 4.04. The van der Waals surface area contributed by atoms with Gasteiger partial charge in [0.25, 0.3) is 5.56 Å². The molecule has 0 amide bonds. The number of aliphatic hydroxyl groups excluding tert-OH is 1. The van der Waals surface area contributed by atoms with E-state index in [4.69, 9.17) is 4.74 Å². The third-order valence-electron chi connectivity index (χ3n) is 4.42. The lowest BCUT2D eigenvalue weighted by Gasteiger charge is -2.17. The van der Waals surface area contributed by atoms with Crippen LogP contribution in [0.5, 0.6) is 5.75 Å². The molecule has 0 spiro atoms. The second-order valence-corrected chi connectivity index (χ2v) is 6.33. The maximum absolute atomic E-state index is 12.4. The van der Waals surface area contributed by atoms with Crippen LogP contribution in [0.4, 0.5) is 0 Å². The van der Waals surface area contributed by atoms with Crippen LogP contribution in [-0.2, 0) is 13.6 Å². The van der Waals surface area contributed by atoms with E-state index >= 15 is 0 Å². The van der Waals surface area contributed by atoms with Crippen LogP contribution in [-0.4, -0.2) is 37.1 Å². The molecular weight excluding hydrogens is 320 g/mol. The van der Waals surface area contributed by atoms with Gasteiger partial charge in [-0.25, -0.2) is 4.98 Å². The first-order valence-electron chi connectivity index (χ1n) is 8.13. The van der Waals surface area contributed by atoms with E-state index in [0.717, 1.165) is 22.4 Å². The van der Waals surface area contributed by atoms with Crippen molar-refractivity contribution in [2.75, 3.05) is 6.61 Å². The number of aromatic nitrogens is 4. The molecule has 1 atom stereocenters. The Morgan fingerprint density at radius 1 is 1.24 bits per heavy atom. The van der Waals surface area contributed by atoms with Gasteiger partial charge in [0, 0.05) is 7.05 Å². The average Bonchev–Trinajstić information content (AvgIpc) is 2.96. The van der Waals surface area contributed by atoms with Gasteiger partial charge in [-0.05, 0) is 37.5 Å². The number of fused-ring (bicyclic) bond motifs is 1. The molecule has 1 aromatic carbocycles. The Labute approximate surface area is 145 Å². The number of hydrogen-bond acceptors (Lipinski definition) is 5. The predicted octanol–water partition coefficient (Wildman–Crippen LogP) is 1.50. The van der Waals surface area contributed by atoms with Gasteiger partial charge in [0.1, 0.15) is 30.2 Å². The van der Waals surface area contributed by atoms with Crippen molar-refractivity contribution in [3.63, 3.8) is 0 Å². The molecule has 3 aromatic rings. The Morgan fingerprint density at radius 2 is 1.96 bits per heavy atom. The monoisotopic (exact) mass is 342 g/mol. The first-order valence-corrected chi connectivity index (χ1v) is 8.13. The van der Waals surface area contributed by atoms with Crippen molar-refractivity contribution < 1.29 is 9.84 Å². The Balaban J connectivity index is 1.73. The molecule has 25 heavy (non-hydrogen) atoms. The highest BCUT2D eigenvalue weighted by molar-refractivity contribution is 5.72. The summed E-state index contributed by atoms with van der Waals surface area (Å²) in [7, 11) is 1.73. The van der Waals surface area contributed by atoms with E-state index in [9.17, 15) is 9.90 Å². The van der Waals surface area contributed by atoms with E-state index in [1.165, 1.54) is 17.1 Å². The summed E-state index contributed by atoms with van der Waals surface area (Å²) in [5, 5.41) is 14.8. The molecule has 7 heteroatoms. The highest BCUT2D eigenvalue weighted by atomic mass is 16.5. The van der Waals surface area contributed by atoms with Crippen LogP contribution < -0.4 is 10.3 Å². The Hall–Kier alpha value is -2.67. The van der Waals surface area contributed by atoms with Gasteiger partial charge in [-0.2, -0.15) is 5.10 Å². The minimum absolute atomic E-state index is 0.0999. The summed E-state index contributed by atoms with van der Waals surface area (Å²) in [4.78, 5) is 16.6. The van der Waals surface area contributed by atoms with Crippen molar-refractivity contribution in [2.24, 2.45) is 7.05 Å². The molecule has 0 saturated heterocycles. The molecule has 7 nitrogen and oxygen atoms in total. The fraction of sp³-hybridized carbons (Fsp3) is 0.389. The largest absolute Gasteiger partial charge is 0.490 e. The molecule has 0 saturated carbocycles. The number of aliphatic hydroxyl groups is 1. The van der Waals surface area contributed by atoms with E-state index in [0.29, 0.717) is 11.0 Å². The fourth-order valence-corrected chi connectivity index (χ4v) is 2.80. The molecule has 0 aliphatic rings. The van der Waals surface area contributed by atoms with Crippen LogP contribution in [0.1, 0.15) is 16.7 Å². The van der Waals surface area contributed by atoms with Crippen LogP contribution in [0.3, 0.4) is 0 Å². The summed E-state index contributed by atoms with van der Waals surface area (Å²) in [5.41, 5.74) is 3.52. The quantitative estimate of drug-likeness (QED) is 0.760. The maximum atomic E-state index is 12.4. The summed E-state index contributed by atoms with van der Waals surface area (Å²) >= 11 is 0. The van der Waals surface area contributed by atoms with Gasteiger partial charge in [-0.3, -0.25) is 14.0 Å². The van der Waals surface area contributed by atoms with Crippen molar-refractivity contribution in [1.29, 1.82) is 0 Å². The first kappa shape index (κ1) is 17.2. The zero-order chi connectivity index (χ0) is 18.1. The number of aryl methyl sites for hydroxylation is 3. The standard InChI is InChI=1S/C18H22N4O3/c1-11-5-6-12(2)16(13(11)3)25-9-14(23)8-22-10-19-17-15(18(22)24)7-20-21(17)4/h5-7,10,14,23H,8-9H2,1-4H3. The Kier molecular flexibility index (Phi) is 4.59. The zero-order valence-corrected chi connectivity index (χ0v) is 14.9. The van der Waals surface area contributed by atoms with Gasteiger partial charge in [-0.1, -0.05) is 12.1 Å². The maximum Gasteiger partial charge on any atom is 0.264 e. The molecule has 0 radical (unpaired) electrons. The van der Waals surface area contributed by atoms with Crippen LogP contribution in [0.25, 0.3) is 11.0 Å². The van der Waals surface area contributed by atoms with Gasteiger partial charge >= 0.3 is 0 Å². The molecule has 0 fully saturated rings. The summed E-state index contributed by atoms with van der Waals surface area (Å²) in [5.74, 6) is 0.784. The number of nitrogens with zero attached hydrogens (tertiary/aromatic N) is 4. The normalized spacial score (nSPS) is 12.5. The van der Waals surface area contributed by atoms with E-state index < -0.39 is 6.10 Å². The van der Waals surface area contributed by atoms with E-state index in [2.05, 4.69) is 10.1 Å². The molecule has 0 aliphatic carbocycles. The topological polar surface area (TPSA) is 82.2 Å². The number of rotatable bonds is 5. The third kappa shape index (κ3) is 3.28.